The molecule has 1 aliphatic heterocycles. The second-order valence-electron chi connectivity index (χ2n) is 8.93. The lowest BCUT2D eigenvalue weighted by molar-refractivity contribution is -0.227. The fraction of sp³-hybridized carbons (Fsp3) is 0.619. The monoisotopic (exact) mass is 493 g/mol. The molecule has 188 valence electrons. The first-order valence-electron chi connectivity index (χ1n) is 10.9. The average molecular weight is 493 g/mol. The van der Waals surface area contributed by atoms with E-state index in [0.29, 0.717) is 16.6 Å². The summed E-state index contributed by atoms with van der Waals surface area (Å²) in [5, 5.41) is 2.00. The molecule has 0 radical (unpaired) electrons. The first-order valence-corrected chi connectivity index (χ1v) is 10.9. The summed E-state index contributed by atoms with van der Waals surface area (Å²) in [5.41, 5.74) is 7.71. The van der Waals surface area contributed by atoms with E-state index in [1.807, 2.05) is 5.32 Å². The zero-order valence-corrected chi connectivity index (χ0v) is 18.4. The molecule has 2 aromatic rings. The van der Waals surface area contributed by atoms with Crippen LogP contribution in [0.3, 0.4) is 0 Å². The predicted octanol–water partition coefficient (Wildman–Crippen LogP) is 4.33. The van der Waals surface area contributed by atoms with Crippen molar-refractivity contribution in [3.8, 4) is 0 Å². The van der Waals surface area contributed by atoms with Gasteiger partial charge in [-0.3, -0.25) is 0 Å². The van der Waals surface area contributed by atoms with Gasteiger partial charge in [-0.1, -0.05) is 6.07 Å². The second-order valence-corrected chi connectivity index (χ2v) is 8.93. The van der Waals surface area contributed by atoms with Crippen molar-refractivity contribution in [2.24, 2.45) is 11.7 Å². The van der Waals surface area contributed by atoms with E-state index in [-0.39, 0.29) is 11.7 Å². The Bertz CT molecular complexity index is 1050. The van der Waals surface area contributed by atoms with Crippen LogP contribution in [-0.4, -0.2) is 58.0 Å². The molecule has 1 saturated heterocycles. The minimum Gasteiger partial charge on any atom is -0.364 e. The first-order chi connectivity index (χ1) is 15.8. The lowest BCUT2D eigenvalue weighted by Crippen LogP contribution is -2.40. The van der Waals surface area contributed by atoms with Gasteiger partial charge in [0, 0.05) is 0 Å². The van der Waals surface area contributed by atoms with Gasteiger partial charge in [-0.2, -0.15) is 26.3 Å². The number of hydrogen-bond acceptors (Lipinski definition) is 4. The Labute approximate surface area is 191 Å². The number of nitrogens with one attached hydrogen (secondary N) is 2. The van der Waals surface area contributed by atoms with Crippen LogP contribution in [0.25, 0.3) is 11.0 Å². The van der Waals surface area contributed by atoms with Crippen LogP contribution in [0.1, 0.15) is 50.2 Å². The number of imidazole rings is 1. The fourth-order valence-corrected chi connectivity index (χ4v) is 4.20. The van der Waals surface area contributed by atoms with Gasteiger partial charge < -0.3 is 25.7 Å². The molecule has 2 heterocycles. The third-order valence-electron chi connectivity index (χ3n) is 6.30. The lowest BCUT2D eigenvalue weighted by Gasteiger charge is -2.27. The number of amides is 2. The lowest BCUT2D eigenvalue weighted by atomic mass is 10.00. The van der Waals surface area contributed by atoms with E-state index in [1.165, 1.54) is 11.8 Å². The summed E-state index contributed by atoms with van der Waals surface area (Å²) in [4.78, 5) is 20.9. The maximum absolute atomic E-state index is 13.1. The highest BCUT2D eigenvalue weighted by atomic mass is 19.4. The standard InChI is InChI=1S/C21H25F6N5O2/c1-9(34-10(2)20(22,23)24)16(28)18-29-13-6-5-12(7-14(13)30-18)17(11-3-4-11)32-8-15(21(25,26)27)31-19(32)33/h5-7,9-11,15-17H,3-4,8,28H2,1-2H3,(H,29,30)(H,31,33)/t9-,10-,15+,16+,17-/m1/s1. The van der Waals surface area contributed by atoms with Gasteiger partial charge in [0.2, 0.25) is 0 Å². The van der Waals surface area contributed by atoms with Gasteiger partial charge in [0.05, 0.1) is 35.8 Å². The molecule has 0 unspecified atom stereocenters. The molecule has 1 saturated carbocycles. The summed E-state index contributed by atoms with van der Waals surface area (Å²) in [6.07, 6.45) is -10.5. The van der Waals surface area contributed by atoms with Gasteiger partial charge in [-0.05, 0) is 50.3 Å². The Morgan fingerprint density at radius 3 is 2.41 bits per heavy atom. The summed E-state index contributed by atoms with van der Waals surface area (Å²) in [6, 6.07) is 0.829. The van der Waals surface area contributed by atoms with Crippen LogP contribution < -0.4 is 11.1 Å². The van der Waals surface area contributed by atoms with E-state index < -0.39 is 55.3 Å². The summed E-state index contributed by atoms with van der Waals surface area (Å²) < 4.78 is 82.8. The van der Waals surface area contributed by atoms with Crippen LogP contribution in [0.15, 0.2) is 18.2 Å². The summed E-state index contributed by atoms with van der Waals surface area (Å²) >= 11 is 0. The Morgan fingerprint density at radius 1 is 1.18 bits per heavy atom. The molecular weight excluding hydrogens is 468 g/mol. The summed E-state index contributed by atoms with van der Waals surface area (Å²) in [6.45, 7) is 1.83. The van der Waals surface area contributed by atoms with Crippen LogP contribution >= 0.6 is 0 Å². The highest BCUT2D eigenvalue weighted by molar-refractivity contribution is 5.79. The van der Waals surface area contributed by atoms with E-state index in [2.05, 4.69) is 9.97 Å². The van der Waals surface area contributed by atoms with Gasteiger partial charge in [0.15, 0.2) is 6.10 Å². The molecule has 0 bridgehead atoms. The Hall–Kier alpha value is -2.54. The third kappa shape index (κ3) is 4.95. The number of benzene rings is 1. The molecule has 13 heteroatoms. The molecule has 1 aliphatic carbocycles. The van der Waals surface area contributed by atoms with Crippen molar-refractivity contribution in [1.82, 2.24) is 20.2 Å². The van der Waals surface area contributed by atoms with E-state index >= 15 is 0 Å². The van der Waals surface area contributed by atoms with Crippen molar-refractivity contribution in [2.45, 2.75) is 69.4 Å². The number of aromatic nitrogens is 2. The first kappa shape index (κ1) is 24.6. The van der Waals surface area contributed by atoms with E-state index in [0.717, 1.165) is 19.8 Å². The van der Waals surface area contributed by atoms with Crippen molar-refractivity contribution in [2.75, 3.05) is 6.54 Å². The van der Waals surface area contributed by atoms with E-state index in [4.69, 9.17) is 10.5 Å². The van der Waals surface area contributed by atoms with Gasteiger partial charge in [-0.25, -0.2) is 9.78 Å². The van der Waals surface area contributed by atoms with Gasteiger partial charge in [0.1, 0.15) is 11.9 Å². The van der Waals surface area contributed by atoms with Crippen LogP contribution in [-0.2, 0) is 4.74 Å². The van der Waals surface area contributed by atoms with Crippen LogP contribution in [0.4, 0.5) is 31.1 Å². The van der Waals surface area contributed by atoms with Crippen molar-refractivity contribution >= 4 is 17.1 Å². The van der Waals surface area contributed by atoms with Crippen molar-refractivity contribution < 1.29 is 35.9 Å². The number of halogens is 6. The van der Waals surface area contributed by atoms with Crippen LogP contribution in [0.2, 0.25) is 0 Å². The van der Waals surface area contributed by atoms with Crippen molar-refractivity contribution in [1.29, 1.82) is 0 Å². The maximum Gasteiger partial charge on any atom is 0.414 e. The van der Waals surface area contributed by atoms with Crippen LogP contribution in [0.5, 0.6) is 0 Å². The number of rotatable bonds is 7. The highest BCUT2D eigenvalue weighted by Crippen LogP contribution is 2.46. The zero-order valence-electron chi connectivity index (χ0n) is 18.4. The summed E-state index contributed by atoms with van der Waals surface area (Å²) in [5.74, 6) is 0.255. The van der Waals surface area contributed by atoms with Crippen LogP contribution in [0, 0.1) is 5.92 Å². The molecule has 4 rings (SSSR count). The Balaban J connectivity index is 1.56. The second kappa shape index (κ2) is 8.59. The Kier molecular flexibility index (Phi) is 6.21. The number of H-pyrrole nitrogens is 1. The minimum atomic E-state index is -4.54. The predicted molar refractivity (Wildman–Crippen MR) is 110 cm³/mol. The van der Waals surface area contributed by atoms with E-state index in [9.17, 15) is 31.1 Å². The number of carbonyl (C=O) groups excluding carboxylic acids is 1. The number of hydrogen-bond donors (Lipinski definition) is 3. The highest BCUT2D eigenvalue weighted by Gasteiger charge is 2.50. The van der Waals surface area contributed by atoms with Gasteiger partial charge >= 0.3 is 18.4 Å². The molecule has 2 aliphatic rings. The normalized spacial score (nSPS) is 23.1. The quantitative estimate of drug-likeness (QED) is 0.501. The Morgan fingerprint density at radius 2 is 1.85 bits per heavy atom. The molecule has 1 aromatic carbocycles. The van der Waals surface area contributed by atoms with Crippen molar-refractivity contribution in [3.05, 3.63) is 29.6 Å². The molecule has 5 atom stereocenters. The number of ether oxygens (including phenoxy) is 1. The smallest absolute Gasteiger partial charge is 0.364 e. The largest absolute Gasteiger partial charge is 0.414 e. The molecule has 1 aromatic heterocycles. The van der Waals surface area contributed by atoms with Gasteiger partial charge in [-0.15, -0.1) is 0 Å². The van der Waals surface area contributed by atoms with Crippen molar-refractivity contribution in [3.63, 3.8) is 0 Å². The molecule has 0 spiro atoms. The molecular formula is C21H25F6N5O2. The minimum absolute atomic E-state index is 0.0390. The number of nitrogens with two attached hydrogens (primary N) is 1. The molecule has 4 N–H and O–H groups in total. The summed E-state index contributed by atoms with van der Waals surface area (Å²) in [7, 11) is 0. The molecule has 34 heavy (non-hydrogen) atoms. The number of nitrogens with zero attached hydrogens (tertiary/aromatic N) is 2. The number of urea groups is 1. The number of alkyl halides is 6. The topological polar surface area (TPSA) is 96.3 Å². The molecule has 2 fully saturated rings. The number of carbonyl (C=O) groups is 1. The third-order valence-corrected chi connectivity index (χ3v) is 6.30. The zero-order chi connectivity index (χ0) is 25.0. The maximum atomic E-state index is 13.1. The van der Waals surface area contributed by atoms with E-state index in [1.54, 1.807) is 18.2 Å². The van der Waals surface area contributed by atoms with Gasteiger partial charge in [0.25, 0.3) is 0 Å². The molecule has 7 nitrogen and oxygen atoms in total. The average Bonchev–Trinajstić information content (AvgIpc) is 3.34. The number of fused-ring (bicyclic) bond motifs is 1. The number of aromatic amines is 1. The molecule has 2 amide bonds. The fourth-order valence-electron chi connectivity index (χ4n) is 4.20. The SMILES string of the molecule is C[C@@H](O[C@H](C)C(F)(F)F)[C@H](N)c1nc2ccc([C@@H](C3CC3)N3C[C@@H](C(F)(F)F)NC3=O)cc2[nH]1.